The molecule has 0 saturated heterocycles. The standard InChI is InChI=1S/C20H30N4O6S/c1-11(23-19(28)15(21)10-13-4-6-14(25)7-5-13)17(26)22-12(2)18(27)24-16(20(29)30)8-9-31-3/h4-7,11-12,15-16,25H,8-10,21H2,1-3H3,(H,22,26)(H,23,28)(H,24,27)(H,29,30). The molecule has 0 saturated carbocycles. The quantitative estimate of drug-likeness (QED) is 0.247. The smallest absolute Gasteiger partial charge is 0.326 e. The summed E-state index contributed by atoms with van der Waals surface area (Å²) in [6, 6.07) is 2.35. The summed E-state index contributed by atoms with van der Waals surface area (Å²) < 4.78 is 0. The number of hydrogen-bond acceptors (Lipinski definition) is 7. The molecule has 10 nitrogen and oxygen atoms in total. The summed E-state index contributed by atoms with van der Waals surface area (Å²) in [6.07, 6.45) is 2.30. The number of carboxylic acids is 1. The van der Waals surface area contributed by atoms with Crippen molar-refractivity contribution in [3.63, 3.8) is 0 Å². The third-order valence-corrected chi connectivity index (χ3v) is 5.10. The molecule has 4 unspecified atom stereocenters. The van der Waals surface area contributed by atoms with Gasteiger partial charge in [0.25, 0.3) is 0 Å². The number of benzene rings is 1. The molecule has 0 bridgehead atoms. The van der Waals surface area contributed by atoms with Crippen molar-refractivity contribution in [2.75, 3.05) is 12.0 Å². The van der Waals surface area contributed by atoms with Crippen molar-refractivity contribution in [1.82, 2.24) is 16.0 Å². The van der Waals surface area contributed by atoms with Crippen LogP contribution in [0.4, 0.5) is 0 Å². The number of phenols is 1. The van der Waals surface area contributed by atoms with E-state index in [2.05, 4.69) is 16.0 Å². The highest BCUT2D eigenvalue weighted by Gasteiger charge is 2.26. The van der Waals surface area contributed by atoms with Crippen molar-refractivity contribution >= 4 is 35.5 Å². The minimum Gasteiger partial charge on any atom is -0.508 e. The second-order valence-electron chi connectivity index (χ2n) is 7.12. The second-order valence-corrected chi connectivity index (χ2v) is 8.10. The van der Waals surface area contributed by atoms with Gasteiger partial charge in [0.05, 0.1) is 6.04 Å². The molecule has 0 spiro atoms. The van der Waals surface area contributed by atoms with E-state index < -0.39 is 47.9 Å². The van der Waals surface area contributed by atoms with Gasteiger partial charge in [0.2, 0.25) is 17.7 Å². The van der Waals surface area contributed by atoms with Crippen molar-refractivity contribution in [2.24, 2.45) is 5.73 Å². The first-order chi connectivity index (χ1) is 14.5. The van der Waals surface area contributed by atoms with Gasteiger partial charge in [-0.2, -0.15) is 11.8 Å². The number of hydrogen-bond donors (Lipinski definition) is 6. The Morgan fingerprint density at radius 3 is 2.00 bits per heavy atom. The number of phenolic OH excluding ortho intramolecular Hbond substituents is 1. The maximum Gasteiger partial charge on any atom is 0.326 e. The van der Waals surface area contributed by atoms with Gasteiger partial charge in [0, 0.05) is 0 Å². The van der Waals surface area contributed by atoms with Crippen molar-refractivity contribution in [2.45, 2.75) is 50.9 Å². The zero-order valence-corrected chi connectivity index (χ0v) is 18.6. The van der Waals surface area contributed by atoms with Gasteiger partial charge in [-0.15, -0.1) is 0 Å². The van der Waals surface area contributed by atoms with Crippen LogP contribution < -0.4 is 21.7 Å². The third kappa shape index (κ3) is 9.26. The van der Waals surface area contributed by atoms with Gasteiger partial charge < -0.3 is 31.9 Å². The molecule has 7 N–H and O–H groups in total. The highest BCUT2D eigenvalue weighted by Crippen LogP contribution is 2.11. The largest absolute Gasteiger partial charge is 0.508 e. The molecule has 0 radical (unpaired) electrons. The van der Waals surface area contributed by atoms with E-state index in [1.54, 1.807) is 12.1 Å². The maximum atomic E-state index is 12.3. The number of nitrogens with one attached hydrogen (secondary N) is 3. The number of carbonyl (C=O) groups is 4. The van der Waals surface area contributed by atoms with E-state index in [0.717, 1.165) is 5.56 Å². The Hall–Kier alpha value is -2.79. The van der Waals surface area contributed by atoms with Crippen LogP contribution in [-0.4, -0.2) is 70.1 Å². The Bertz CT molecular complexity index is 773. The Kier molecular flexibility index (Phi) is 10.8. The molecular formula is C20H30N4O6S. The van der Waals surface area contributed by atoms with E-state index in [1.807, 2.05) is 6.26 Å². The first-order valence-corrected chi connectivity index (χ1v) is 11.1. The lowest BCUT2D eigenvalue weighted by atomic mass is 10.1. The first kappa shape index (κ1) is 26.2. The summed E-state index contributed by atoms with van der Waals surface area (Å²) in [5.74, 6) is -2.27. The zero-order chi connectivity index (χ0) is 23.6. The van der Waals surface area contributed by atoms with Crippen molar-refractivity contribution in [3.05, 3.63) is 29.8 Å². The molecule has 0 aliphatic carbocycles. The molecule has 31 heavy (non-hydrogen) atoms. The molecule has 11 heteroatoms. The summed E-state index contributed by atoms with van der Waals surface area (Å²) in [5, 5.41) is 25.8. The molecule has 0 fully saturated rings. The molecular weight excluding hydrogens is 424 g/mol. The normalized spacial score (nSPS) is 14.6. The number of aliphatic carboxylic acids is 1. The van der Waals surface area contributed by atoms with Gasteiger partial charge in [-0.1, -0.05) is 12.1 Å². The van der Waals surface area contributed by atoms with Crippen LogP contribution in [0.25, 0.3) is 0 Å². The number of thioether (sulfide) groups is 1. The molecule has 0 aromatic heterocycles. The summed E-state index contributed by atoms with van der Waals surface area (Å²) in [6.45, 7) is 2.87. The fourth-order valence-corrected chi connectivity index (χ4v) is 3.03. The second kappa shape index (κ2) is 12.8. The van der Waals surface area contributed by atoms with Crippen LogP contribution >= 0.6 is 11.8 Å². The third-order valence-electron chi connectivity index (χ3n) is 4.46. The van der Waals surface area contributed by atoms with Gasteiger partial charge in [-0.25, -0.2) is 4.79 Å². The number of aromatic hydroxyl groups is 1. The van der Waals surface area contributed by atoms with Crippen LogP contribution in [0.1, 0.15) is 25.8 Å². The molecule has 1 aromatic rings. The van der Waals surface area contributed by atoms with E-state index in [9.17, 15) is 29.4 Å². The minimum atomic E-state index is -1.15. The molecule has 3 amide bonds. The highest BCUT2D eigenvalue weighted by atomic mass is 32.2. The molecule has 4 atom stereocenters. The number of carbonyl (C=O) groups excluding carboxylic acids is 3. The van der Waals surface area contributed by atoms with Gasteiger partial charge in [-0.05, 0) is 56.4 Å². The van der Waals surface area contributed by atoms with E-state index in [4.69, 9.17) is 5.73 Å². The van der Waals surface area contributed by atoms with Crippen LogP contribution in [0.5, 0.6) is 5.75 Å². The van der Waals surface area contributed by atoms with Crippen LogP contribution in [0.3, 0.4) is 0 Å². The van der Waals surface area contributed by atoms with E-state index in [1.165, 1.54) is 37.7 Å². The molecule has 0 aliphatic rings. The lowest BCUT2D eigenvalue weighted by molar-refractivity contribution is -0.142. The van der Waals surface area contributed by atoms with Crippen LogP contribution in [0, 0.1) is 0 Å². The minimum absolute atomic E-state index is 0.101. The predicted octanol–water partition coefficient (Wildman–Crippen LogP) is -0.406. The van der Waals surface area contributed by atoms with Crippen LogP contribution in [0.2, 0.25) is 0 Å². The monoisotopic (exact) mass is 454 g/mol. The van der Waals surface area contributed by atoms with E-state index >= 15 is 0 Å². The van der Waals surface area contributed by atoms with Crippen LogP contribution in [0.15, 0.2) is 24.3 Å². The van der Waals surface area contributed by atoms with E-state index in [0.29, 0.717) is 5.75 Å². The molecule has 0 heterocycles. The highest BCUT2D eigenvalue weighted by molar-refractivity contribution is 7.98. The number of amides is 3. The maximum absolute atomic E-state index is 12.3. The molecule has 0 aliphatic heterocycles. The lowest BCUT2D eigenvalue weighted by Crippen LogP contribution is -2.55. The van der Waals surface area contributed by atoms with Crippen molar-refractivity contribution < 1.29 is 29.4 Å². The van der Waals surface area contributed by atoms with Crippen molar-refractivity contribution in [1.29, 1.82) is 0 Å². The van der Waals surface area contributed by atoms with Gasteiger partial charge in [0.15, 0.2) is 0 Å². The number of carboxylic acid groups (broad SMARTS) is 1. The molecule has 172 valence electrons. The van der Waals surface area contributed by atoms with Gasteiger partial charge in [0.1, 0.15) is 23.9 Å². The Morgan fingerprint density at radius 1 is 0.968 bits per heavy atom. The number of rotatable bonds is 12. The average molecular weight is 455 g/mol. The molecule has 1 aromatic carbocycles. The molecule has 1 rings (SSSR count). The Balaban J connectivity index is 2.53. The lowest BCUT2D eigenvalue weighted by Gasteiger charge is -2.21. The van der Waals surface area contributed by atoms with Crippen molar-refractivity contribution in [3.8, 4) is 5.75 Å². The van der Waals surface area contributed by atoms with Gasteiger partial charge in [-0.3, -0.25) is 14.4 Å². The summed E-state index contributed by atoms with van der Waals surface area (Å²) in [5.41, 5.74) is 6.63. The Morgan fingerprint density at radius 2 is 1.48 bits per heavy atom. The summed E-state index contributed by atoms with van der Waals surface area (Å²) in [4.78, 5) is 48.0. The summed E-state index contributed by atoms with van der Waals surface area (Å²) in [7, 11) is 0. The van der Waals surface area contributed by atoms with E-state index in [-0.39, 0.29) is 18.6 Å². The number of nitrogens with two attached hydrogens (primary N) is 1. The summed E-state index contributed by atoms with van der Waals surface area (Å²) >= 11 is 1.46. The average Bonchev–Trinajstić information content (AvgIpc) is 2.71. The predicted molar refractivity (Wildman–Crippen MR) is 118 cm³/mol. The topological polar surface area (TPSA) is 171 Å². The fraction of sp³-hybridized carbons (Fsp3) is 0.500. The van der Waals surface area contributed by atoms with Gasteiger partial charge >= 0.3 is 5.97 Å². The SMILES string of the molecule is CSCCC(NC(=O)C(C)NC(=O)C(C)NC(=O)C(N)Cc1ccc(O)cc1)C(=O)O. The zero-order valence-electron chi connectivity index (χ0n) is 17.8. The Labute approximate surface area is 185 Å². The van der Waals surface area contributed by atoms with Crippen LogP contribution in [-0.2, 0) is 25.6 Å². The fourth-order valence-electron chi connectivity index (χ4n) is 2.56. The first-order valence-electron chi connectivity index (χ1n) is 9.71.